The van der Waals surface area contributed by atoms with Crippen LogP contribution in [-0.4, -0.2) is 54.3 Å². The Bertz CT molecular complexity index is 771. The van der Waals surface area contributed by atoms with Gasteiger partial charge in [-0.1, -0.05) is 19.9 Å². The normalized spacial score (nSPS) is 14.1. The molecule has 0 atom stereocenters. The summed E-state index contributed by atoms with van der Waals surface area (Å²) >= 11 is 0. The molecule has 0 spiro atoms. The Balaban J connectivity index is 1.88. The van der Waals surface area contributed by atoms with Gasteiger partial charge >= 0.3 is 0 Å². The number of anilines is 1. The van der Waals surface area contributed by atoms with Gasteiger partial charge in [0.1, 0.15) is 5.75 Å². The summed E-state index contributed by atoms with van der Waals surface area (Å²) in [5.74, 6) is 1.12. The van der Waals surface area contributed by atoms with Gasteiger partial charge < -0.3 is 20.3 Å². The summed E-state index contributed by atoms with van der Waals surface area (Å²) in [6, 6.07) is 5.92. The number of H-pyrrole nitrogens is 1. The van der Waals surface area contributed by atoms with Crippen molar-refractivity contribution in [3.05, 3.63) is 30.0 Å². The van der Waals surface area contributed by atoms with Crippen LogP contribution in [0, 0.1) is 5.92 Å². The number of amides is 1. The molecule has 140 valence electrons. The number of rotatable bonds is 7. The van der Waals surface area contributed by atoms with Gasteiger partial charge in [-0.15, -0.1) is 0 Å². The van der Waals surface area contributed by atoms with Crippen LogP contribution in [0.15, 0.2) is 24.4 Å². The van der Waals surface area contributed by atoms with E-state index in [0.29, 0.717) is 19.0 Å². The Morgan fingerprint density at radius 3 is 2.96 bits per heavy atom. The average molecular weight is 357 g/mol. The third-order valence-corrected chi connectivity index (χ3v) is 4.39. The van der Waals surface area contributed by atoms with Gasteiger partial charge in [-0.3, -0.25) is 9.89 Å². The molecule has 1 amide bonds. The molecule has 2 aromatic rings. The van der Waals surface area contributed by atoms with E-state index in [1.807, 2.05) is 36.3 Å². The molecule has 0 unspecified atom stereocenters. The van der Waals surface area contributed by atoms with Crippen LogP contribution in [0.3, 0.4) is 0 Å². The topological polar surface area (TPSA) is 87.5 Å². The zero-order valence-electron chi connectivity index (χ0n) is 15.7. The molecule has 0 aliphatic carbocycles. The van der Waals surface area contributed by atoms with Gasteiger partial charge in [0.05, 0.1) is 11.4 Å². The first-order valence-electron chi connectivity index (χ1n) is 8.98. The van der Waals surface area contributed by atoms with Gasteiger partial charge in [0.25, 0.3) is 5.91 Å². The Kier molecular flexibility index (Phi) is 5.58. The first-order valence-corrected chi connectivity index (χ1v) is 8.98. The maximum atomic E-state index is 12.2. The minimum absolute atomic E-state index is 0.00261. The molecule has 1 aliphatic rings. The summed E-state index contributed by atoms with van der Waals surface area (Å²) < 4.78 is 5.69. The van der Waals surface area contributed by atoms with E-state index < -0.39 is 0 Å². The van der Waals surface area contributed by atoms with E-state index in [9.17, 15) is 4.79 Å². The van der Waals surface area contributed by atoms with E-state index in [0.717, 1.165) is 41.3 Å². The first kappa shape index (κ1) is 18.4. The third-order valence-electron chi connectivity index (χ3n) is 4.39. The number of ether oxygens (including phenoxy) is 1. The highest BCUT2D eigenvalue weighted by Gasteiger charge is 2.26. The van der Waals surface area contributed by atoms with Crippen molar-refractivity contribution in [2.24, 2.45) is 11.7 Å². The second-order valence-electron chi connectivity index (χ2n) is 7.15. The van der Waals surface area contributed by atoms with Crippen LogP contribution in [-0.2, 0) is 11.3 Å². The van der Waals surface area contributed by atoms with Crippen molar-refractivity contribution in [3.63, 3.8) is 0 Å². The zero-order valence-corrected chi connectivity index (χ0v) is 15.7. The van der Waals surface area contributed by atoms with Crippen molar-refractivity contribution in [1.29, 1.82) is 0 Å². The number of benzene rings is 1. The molecule has 0 saturated heterocycles. The van der Waals surface area contributed by atoms with Crippen molar-refractivity contribution >= 4 is 11.6 Å². The van der Waals surface area contributed by atoms with E-state index >= 15 is 0 Å². The van der Waals surface area contributed by atoms with Gasteiger partial charge in [-0.2, -0.15) is 5.10 Å². The smallest absolute Gasteiger partial charge is 0.265 e. The molecule has 0 radical (unpaired) electrons. The molecule has 3 rings (SSSR count). The van der Waals surface area contributed by atoms with Crippen LogP contribution in [0.2, 0.25) is 0 Å². The third kappa shape index (κ3) is 3.89. The quantitative estimate of drug-likeness (QED) is 0.790. The molecule has 1 aliphatic heterocycles. The van der Waals surface area contributed by atoms with Crippen molar-refractivity contribution in [2.45, 2.75) is 20.4 Å². The number of aromatic nitrogens is 2. The molecule has 26 heavy (non-hydrogen) atoms. The number of likely N-dealkylation sites (N-methyl/N-ethyl adjacent to an activating group) is 1. The van der Waals surface area contributed by atoms with Crippen LogP contribution in [0.1, 0.15) is 19.4 Å². The number of hydrogen-bond acceptors (Lipinski definition) is 5. The summed E-state index contributed by atoms with van der Waals surface area (Å²) in [7, 11) is 2.04. The highest BCUT2D eigenvalue weighted by molar-refractivity contribution is 5.98. The molecular formula is C19H27N5O2. The minimum Gasteiger partial charge on any atom is -0.482 e. The Morgan fingerprint density at radius 2 is 2.23 bits per heavy atom. The van der Waals surface area contributed by atoms with Crippen LogP contribution >= 0.6 is 0 Å². The summed E-state index contributed by atoms with van der Waals surface area (Å²) in [5.41, 5.74) is 9.43. The standard InChI is InChI=1S/C19H27N5O2/c1-13(2)10-24-16-5-4-14(8-17(16)26-12-18(24)25)19-15(9-21-22-19)11-23(3)7-6-20/h4-5,8-9,13H,6-7,10-12,20H2,1-3H3,(H,21,22). The van der Waals surface area contributed by atoms with Crippen molar-refractivity contribution in [1.82, 2.24) is 15.1 Å². The molecule has 0 bridgehead atoms. The Morgan fingerprint density at radius 1 is 1.42 bits per heavy atom. The molecule has 3 N–H and O–H groups in total. The van der Waals surface area contributed by atoms with E-state index in [2.05, 4.69) is 28.9 Å². The van der Waals surface area contributed by atoms with Gasteiger partial charge in [-0.25, -0.2) is 0 Å². The number of carbonyl (C=O) groups is 1. The number of hydrogen-bond donors (Lipinski definition) is 2. The fourth-order valence-corrected chi connectivity index (χ4v) is 3.19. The first-order chi connectivity index (χ1) is 12.5. The molecular weight excluding hydrogens is 330 g/mol. The van der Waals surface area contributed by atoms with Gasteiger partial charge in [-0.05, 0) is 25.1 Å². The lowest BCUT2D eigenvalue weighted by Crippen LogP contribution is -2.40. The summed E-state index contributed by atoms with van der Waals surface area (Å²) in [6.07, 6.45) is 1.91. The molecule has 0 fully saturated rings. The molecule has 1 aromatic heterocycles. The van der Waals surface area contributed by atoms with Crippen molar-refractivity contribution in [3.8, 4) is 17.0 Å². The SMILES string of the molecule is CC(C)CN1C(=O)COc2cc(-c3n[nH]cc3CN(C)CCN)ccc21. The van der Waals surface area contributed by atoms with Gasteiger partial charge in [0.2, 0.25) is 0 Å². The number of aromatic amines is 1. The Hall–Kier alpha value is -2.38. The summed E-state index contributed by atoms with van der Waals surface area (Å²) in [5, 5.41) is 7.36. The lowest BCUT2D eigenvalue weighted by Gasteiger charge is -2.31. The predicted molar refractivity (Wildman–Crippen MR) is 102 cm³/mol. The second-order valence-corrected chi connectivity index (χ2v) is 7.15. The molecule has 2 heterocycles. The predicted octanol–water partition coefficient (Wildman–Crippen LogP) is 1.85. The maximum Gasteiger partial charge on any atom is 0.265 e. The van der Waals surface area contributed by atoms with Crippen LogP contribution < -0.4 is 15.4 Å². The molecule has 7 heteroatoms. The highest BCUT2D eigenvalue weighted by atomic mass is 16.5. The lowest BCUT2D eigenvalue weighted by molar-refractivity contribution is -0.121. The largest absolute Gasteiger partial charge is 0.482 e. The van der Waals surface area contributed by atoms with E-state index in [1.165, 1.54) is 0 Å². The highest BCUT2D eigenvalue weighted by Crippen LogP contribution is 2.36. The van der Waals surface area contributed by atoms with Crippen LogP contribution in [0.25, 0.3) is 11.3 Å². The monoisotopic (exact) mass is 357 g/mol. The second kappa shape index (κ2) is 7.88. The summed E-state index contributed by atoms with van der Waals surface area (Å²) in [6.45, 7) is 7.18. The molecule has 7 nitrogen and oxygen atoms in total. The van der Waals surface area contributed by atoms with E-state index in [4.69, 9.17) is 10.5 Å². The number of nitrogens with one attached hydrogen (secondary N) is 1. The van der Waals surface area contributed by atoms with Crippen molar-refractivity contribution < 1.29 is 9.53 Å². The minimum atomic E-state index is 0.00261. The fraction of sp³-hybridized carbons (Fsp3) is 0.474. The van der Waals surface area contributed by atoms with Crippen LogP contribution in [0.5, 0.6) is 5.75 Å². The Labute approximate surface area is 154 Å². The van der Waals surface area contributed by atoms with Gasteiger partial charge in [0, 0.05) is 43.5 Å². The number of nitrogens with two attached hydrogens (primary N) is 1. The lowest BCUT2D eigenvalue weighted by atomic mass is 10.0. The fourth-order valence-electron chi connectivity index (χ4n) is 3.19. The number of carbonyl (C=O) groups excluding carboxylic acids is 1. The number of fused-ring (bicyclic) bond motifs is 1. The summed E-state index contributed by atoms with van der Waals surface area (Å²) in [4.78, 5) is 16.2. The van der Waals surface area contributed by atoms with Crippen molar-refractivity contribution in [2.75, 3.05) is 38.2 Å². The molecule has 0 saturated carbocycles. The average Bonchev–Trinajstić information content (AvgIpc) is 3.05. The van der Waals surface area contributed by atoms with Crippen LogP contribution in [0.4, 0.5) is 5.69 Å². The zero-order chi connectivity index (χ0) is 18.7. The number of nitrogens with zero attached hydrogens (tertiary/aromatic N) is 3. The van der Waals surface area contributed by atoms with Gasteiger partial charge in [0.15, 0.2) is 6.61 Å². The van der Waals surface area contributed by atoms with E-state index in [1.54, 1.807) is 0 Å². The molecule has 1 aromatic carbocycles. The maximum absolute atomic E-state index is 12.2. The van der Waals surface area contributed by atoms with E-state index in [-0.39, 0.29) is 12.5 Å².